The van der Waals surface area contributed by atoms with E-state index in [2.05, 4.69) is 5.32 Å². The maximum atomic E-state index is 12.6. The van der Waals surface area contributed by atoms with Gasteiger partial charge in [-0.2, -0.15) is 0 Å². The molecule has 0 saturated carbocycles. The zero-order valence-electron chi connectivity index (χ0n) is 15.2. The quantitative estimate of drug-likeness (QED) is 0.892. The number of amides is 2. The van der Waals surface area contributed by atoms with Crippen LogP contribution in [0.1, 0.15) is 44.0 Å². The SMILES string of the molecule is C[S@@](=O)c1ccc(C(=O)N2CCC[C@H](NC(=O)OC(C)(C)C)C2)cc1. The second kappa shape index (κ2) is 7.99. The molecule has 1 aliphatic heterocycles. The van der Waals surface area contributed by atoms with Crippen LogP contribution in [0, 0.1) is 0 Å². The molecule has 2 atom stereocenters. The maximum Gasteiger partial charge on any atom is 0.407 e. The maximum absolute atomic E-state index is 12.6. The molecule has 1 heterocycles. The molecule has 1 fully saturated rings. The zero-order chi connectivity index (χ0) is 18.6. The zero-order valence-corrected chi connectivity index (χ0v) is 16.0. The molecule has 1 aromatic rings. The number of nitrogens with one attached hydrogen (secondary N) is 1. The van der Waals surface area contributed by atoms with Gasteiger partial charge < -0.3 is 15.0 Å². The molecule has 2 amide bonds. The first-order valence-electron chi connectivity index (χ1n) is 8.38. The molecule has 1 N–H and O–H groups in total. The fourth-order valence-electron chi connectivity index (χ4n) is 2.73. The van der Waals surface area contributed by atoms with Crippen molar-refractivity contribution in [2.75, 3.05) is 19.3 Å². The lowest BCUT2D eigenvalue weighted by atomic mass is 10.0. The molecule has 25 heavy (non-hydrogen) atoms. The van der Waals surface area contributed by atoms with Gasteiger partial charge in [-0.3, -0.25) is 9.00 Å². The Morgan fingerprint density at radius 2 is 1.88 bits per heavy atom. The molecular weight excluding hydrogens is 340 g/mol. The summed E-state index contributed by atoms with van der Waals surface area (Å²) in [5.41, 5.74) is 0.0159. The van der Waals surface area contributed by atoms with Gasteiger partial charge in [-0.05, 0) is 57.9 Å². The molecule has 0 spiro atoms. The van der Waals surface area contributed by atoms with Crippen molar-refractivity contribution in [3.63, 3.8) is 0 Å². The number of carbonyl (C=O) groups is 2. The highest BCUT2D eigenvalue weighted by atomic mass is 32.2. The highest BCUT2D eigenvalue weighted by Gasteiger charge is 2.27. The Balaban J connectivity index is 1.96. The van der Waals surface area contributed by atoms with Crippen LogP contribution in [0.3, 0.4) is 0 Å². The second-order valence-corrected chi connectivity index (χ2v) is 8.59. The van der Waals surface area contributed by atoms with Gasteiger partial charge in [-0.1, -0.05) is 0 Å². The van der Waals surface area contributed by atoms with Gasteiger partial charge in [0.05, 0.1) is 0 Å². The molecule has 6 nitrogen and oxygen atoms in total. The van der Waals surface area contributed by atoms with Crippen LogP contribution in [-0.4, -0.2) is 52.1 Å². The van der Waals surface area contributed by atoms with Gasteiger partial charge in [0.2, 0.25) is 0 Å². The predicted molar refractivity (Wildman–Crippen MR) is 97.1 cm³/mol. The molecule has 138 valence electrons. The Bertz CT molecular complexity index is 652. The minimum atomic E-state index is -1.06. The van der Waals surface area contributed by atoms with Crippen molar-refractivity contribution in [3.05, 3.63) is 29.8 Å². The van der Waals surface area contributed by atoms with E-state index in [-0.39, 0.29) is 11.9 Å². The largest absolute Gasteiger partial charge is 0.444 e. The first-order chi connectivity index (χ1) is 11.7. The smallest absolute Gasteiger partial charge is 0.407 e. The standard InChI is InChI=1S/C18H26N2O4S/c1-18(2,3)24-17(22)19-14-6-5-11-20(12-14)16(21)13-7-9-15(10-8-13)25(4)23/h7-10,14H,5-6,11-12H2,1-4H3,(H,19,22)/t14-,25+/m0/s1. The van der Waals surface area contributed by atoms with Gasteiger partial charge in [-0.15, -0.1) is 0 Å². The van der Waals surface area contributed by atoms with E-state index in [0.717, 1.165) is 12.8 Å². The lowest BCUT2D eigenvalue weighted by Gasteiger charge is -2.33. The van der Waals surface area contributed by atoms with Crippen molar-refractivity contribution in [1.29, 1.82) is 0 Å². The fraction of sp³-hybridized carbons (Fsp3) is 0.556. The highest BCUT2D eigenvalue weighted by molar-refractivity contribution is 7.84. The normalized spacial score (nSPS) is 19.2. The Morgan fingerprint density at radius 3 is 2.44 bits per heavy atom. The van der Waals surface area contributed by atoms with Gasteiger partial charge in [-0.25, -0.2) is 4.79 Å². The van der Waals surface area contributed by atoms with Crippen LogP contribution in [0.5, 0.6) is 0 Å². The van der Waals surface area contributed by atoms with E-state index in [1.165, 1.54) is 0 Å². The van der Waals surface area contributed by atoms with E-state index in [0.29, 0.717) is 23.5 Å². The van der Waals surface area contributed by atoms with Crippen LogP contribution in [0.15, 0.2) is 29.2 Å². The highest BCUT2D eigenvalue weighted by Crippen LogP contribution is 2.16. The summed E-state index contributed by atoms with van der Waals surface area (Å²) in [6, 6.07) is 6.71. The predicted octanol–water partition coefficient (Wildman–Crippen LogP) is 2.55. The third-order valence-electron chi connectivity index (χ3n) is 3.86. The van der Waals surface area contributed by atoms with E-state index in [9.17, 15) is 13.8 Å². The van der Waals surface area contributed by atoms with Gasteiger partial charge in [0.1, 0.15) is 5.60 Å². The summed E-state index contributed by atoms with van der Waals surface area (Å²) >= 11 is 0. The van der Waals surface area contributed by atoms with E-state index >= 15 is 0 Å². The second-order valence-electron chi connectivity index (χ2n) is 7.22. The number of likely N-dealkylation sites (tertiary alicyclic amines) is 1. The van der Waals surface area contributed by atoms with Crippen molar-refractivity contribution in [3.8, 4) is 0 Å². The Kier molecular flexibility index (Phi) is 6.21. The minimum absolute atomic E-state index is 0.0795. The molecule has 1 aliphatic rings. The molecule has 0 unspecified atom stereocenters. The van der Waals surface area contributed by atoms with E-state index in [1.807, 2.05) is 20.8 Å². The number of hydrogen-bond acceptors (Lipinski definition) is 4. The molecule has 0 radical (unpaired) electrons. The topological polar surface area (TPSA) is 75.7 Å². The van der Waals surface area contributed by atoms with Crippen molar-refractivity contribution in [2.45, 2.75) is 50.2 Å². The number of rotatable bonds is 3. The summed E-state index contributed by atoms with van der Waals surface area (Å²) in [5.74, 6) is -0.0795. The summed E-state index contributed by atoms with van der Waals surface area (Å²) in [6.45, 7) is 6.56. The summed E-state index contributed by atoms with van der Waals surface area (Å²) in [4.78, 5) is 27.0. The van der Waals surface area contributed by atoms with Crippen LogP contribution >= 0.6 is 0 Å². The van der Waals surface area contributed by atoms with Crippen molar-refractivity contribution in [1.82, 2.24) is 10.2 Å². The van der Waals surface area contributed by atoms with Crippen molar-refractivity contribution < 1.29 is 18.5 Å². The summed E-state index contributed by atoms with van der Waals surface area (Å²) in [6.07, 6.45) is 2.79. The number of alkyl carbamates (subject to hydrolysis) is 1. The molecule has 7 heteroatoms. The summed E-state index contributed by atoms with van der Waals surface area (Å²) < 4.78 is 16.7. The van der Waals surface area contributed by atoms with Gasteiger partial charge in [0.25, 0.3) is 5.91 Å². The monoisotopic (exact) mass is 366 g/mol. The molecular formula is C18H26N2O4S. The van der Waals surface area contributed by atoms with Crippen LogP contribution in [0.4, 0.5) is 4.79 Å². The van der Waals surface area contributed by atoms with Crippen LogP contribution in [-0.2, 0) is 15.5 Å². The third-order valence-corrected chi connectivity index (χ3v) is 4.80. The van der Waals surface area contributed by atoms with Gasteiger partial charge in [0, 0.05) is 46.6 Å². The first kappa shape index (κ1) is 19.4. The first-order valence-corrected chi connectivity index (χ1v) is 9.94. The number of nitrogens with zero attached hydrogens (tertiary/aromatic N) is 1. The van der Waals surface area contributed by atoms with Crippen LogP contribution < -0.4 is 5.32 Å². The average molecular weight is 366 g/mol. The lowest BCUT2D eigenvalue weighted by Crippen LogP contribution is -2.50. The van der Waals surface area contributed by atoms with Crippen LogP contribution in [0.2, 0.25) is 0 Å². The Labute approximate surface area is 151 Å². The van der Waals surface area contributed by atoms with E-state index in [1.54, 1.807) is 35.4 Å². The molecule has 0 bridgehead atoms. The summed E-state index contributed by atoms with van der Waals surface area (Å²) in [5, 5.41) is 2.84. The molecule has 1 saturated heterocycles. The number of carbonyl (C=O) groups excluding carboxylic acids is 2. The number of hydrogen-bond donors (Lipinski definition) is 1. The Hall–Kier alpha value is -1.89. The molecule has 1 aromatic carbocycles. The van der Waals surface area contributed by atoms with Gasteiger partial charge in [0.15, 0.2) is 0 Å². The number of ether oxygens (including phenoxy) is 1. The van der Waals surface area contributed by atoms with Crippen LogP contribution in [0.25, 0.3) is 0 Å². The minimum Gasteiger partial charge on any atom is -0.444 e. The van der Waals surface area contributed by atoms with Gasteiger partial charge >= 0.3 is 6.09 Å². The lowest BCUT2D eigenvalue weighted by molar-refractivity contribution is 0.0452. The number of piperidine rings is 1. The molecule has 0 aromatic heterocycles. The number of benzene rings is 1. The molecule has 2 rings (SSSR count). The third kappa shape index (κ3) is 5.85. The Morgan fingerprint density at radius 1 is 1.24 bits per heavy atom. The molecule has 0 aliphatic carbocycles. The van der Waals surface area contributed by atoms with Crippen molar-refractivity contribution >= 4 is 22.8 Å². The van der Waals surface area contributed by atoms with E-state index in [4.69, 9.17) is 4.74 Å². The average Bonchev–Trinajstić information content (AvgIpc) is 2.52. The van der Waals surface area contributed by atoms with Crippen molar-refractivity contribution in [2.24, 2.45) is 0 Å². The summed E-state index contributed by atoms with van der Waals surface area (Å²) in [7, 11) is -1.06. The fourth-order valence-corrected chi connectivity index (χ4v) is 3.24. The van der Waals surface area contributed by atoms with E-state index < -0.39 is 22.5 Å².